The number of benzene rings is 3. The van der Waals surface area contributed by atoms with Crippen molar-refractivity contribution in [2.75, 3.05) is 44.2 Å². The Morgan fingerprint density at radius 1 is 0.946 bits per heavy atom. The average molecular weight is 541 g/mol. The van der Waals surface area contributed by atoms with Gasteiger partial charge in [0.05, 0.1) is 44.7 Å². The van der Waals surface area contributed by atoms with Crippen LogP contribution in [0.5, 0.6) is 11.5 Å². The molecule has 7 nitrogen and oxygen atoms in total. The van der Waals surface area contributed by atoms with Gasteiger partial charge in [-0.1, -0.05) is 54.1 Å². The minimum atomic E-state index is -0.341. The van der Waals surface area contributed by atoms with Crippen LogP contribution in [0.4, 0.5) is 5.69 Å². The average Bonchev–Trinajstić information content (AvgIpc) is 2.92. The number of aliphatic hydroxyl groups is 1. The summed E-state index contributed by atoms with van der Waals surface area (Å²) < 4.78 is 7.59. The van der Waals surface area contributed by atoms with Gasteiger partial charge in [-0.2, -0.15) is 9.78 Å². The van der Waals surface area contributed by atoms with E-state index in [2.05, 4.69) is 22.1 Å². The van der Waals surface area contributed by atoms with Crippen LogP contribution in [-0.2, 0) is 0 Å². The maximum atomic E-state index is 13.7. The van der Waals surface area contributed by atoms with Gasteiger partial charge in [0.2, 0.25) is 5.75 Å². The van der Waals surface area contributed by atoms with Gasteiger partial charge in [-0.3, -0.25) is 4.79 Å². The van der Waals surface area contributed by atoms with Gasteiger partial charge >= 0.3 is 5.56 Å². The van der Waals surface area contributed by atoms with Crippen molar-refractivity contribution in [1.29, 1.82) is 0 Å². The fraction of sp³-hybridized carbons (Fsp3) is 0.214. The third-order valence-electron chi connectivity index (χ3n) is 6.44. The van der Waals surface area contributed by atoms with Gasteiger partial charge in [0.15, 0.2) is 0 Å². The first-order valence-corrected chi connectivity index (χ1v) is 12.4. The molecule has 0 saturated carbocycles. The van der Waals surface area contributed by atoms with Gasteiger partial charge < -0.3 is 32.1 Å². The predicted octanol–water partition coefficient (Wildman–Crippen LogP) is 0.292. The zero-order valence-electron chi connectivity index (χ0n) is 20.2. The number of aliphatic hydroxyl groups excluding tert-OH is 1. The van der Waals surface area contributed by atoms with Crippen molar-refractivity contribution in [3.63, 3.8) is 0 Å². The first-order chi connectivity index (χ1) is 17.6. The SMILES string of the molecule is O=c1c(Oc2ccc(-c3ccccc3)cc2)c(N2CC[NH+](CCO)CC2)cnn1-c1ccc(Cl)cc1.[Cl-].[HH]. The highest BCUT2D eigenvalue weighted by Gasteiger charge is 2.25. The van der Waals surface area contributed by atoms with E-state index in [4.69, 9.17) is 16.3 Å². The first kappa shape index (κ1) is 26.7. The van der Waals surface area contributed by atoms with Crippen LogP contribution in [0.25, 0.3) is 16.8 Å². The molecular weight excluding hydrogens is 511 g/mol. The van der Waals surface area contributed by atoms with E-state index >= 15 is 0 Å². The normalized spacial score (nSPS) is 13.7. The first-order valence-electron chi connectivity index (χ1n) is 12.0. The lowest BCUT2D eigenvalue weighted by Gasteiger charge is -2.33. The van der Waals surface area contributed by atoms with Gasteiger partial charge in [-0.05, 0) is 47.5 Å². The van der Waals surface area contributed by atoms with Crippen LogP contribution in [-0.4, -0.2) is 54.2 Å². The van der Waals surface area contributed by atoms with Crippen molar-refractivity contribution in [2.45, 2.75) is 0 Å². The second-order valence-corrected chi connectivity index (χ2v) is 9.19. The van der Waals surface area contributed by atoms with Gasteiger partial charge in [-0.15, -0.1) is 0 Å². The van der Waals surface area contributed by atoms with Crippen LogP contribution in [0, 0.1) is 0 Å². The lowest BCUT2D eigenvalue weighted by molar-refractivity contribution is -0.900. The second-order valence-electron chi connectivity index (χ2n) is 8.76. The highest BCUT2D eigenvalue weighted by Crippen LogP contribution is 2.30. The fourth-order valence-electron chi connectivity index (χ4n) is 4.45. The van der Waals surface area contributed by atoms with Crippen molar-refractivity contribution in [2.24, 2.45) is 0 Å². The summed E-state index contributed by atoms with van der Waals surface area (Å²) in [7, 11) is 0. The number of halogens is 2. The molecule has 1 aromatic heterocycles. The van der Waals surface area contributed by atoms with Crippen LogP contribution >= 0.6 is 11.6 Å². The lowest BCUT2D eigenvalue weighted by atomic mass is 10.1. The van der Waals surface area contributed by atoms with Crippen LogP contribution in [0.1, 0.15) is 1.43 Å². The fourth-order valence-corrected chi connectivity index (χ4v) is 4.58. The van der Waals surface area contributed by atoms with Gasteiger partial charge in [-0.25, -0.2) is 0 Å². The number of rotatable bonds is 7. The molecule has 0 unspecified atom stereocenters. The van der Waals surface area contributed by atoms with E-state index in [9.17, 15) is 9.90 Å². The number of ether oxygens (including phenoxy) is 1. The molecule has 1 saturated heterocycles. The zero-order valence-corrected chi connectivity index (χ0v) is 21.7. The van der Waals surface area contributed by atoms with Crippen LogP contribution in [0.15, 0.2) is 89.9 Å². The van der Waals surface area contributed by atoms with E-state index in [-0.39, 0.29) is 31.7 Å². The Morgan fingerprint density at radius 3 is 2.24 bits per heavy atom. The molecule has 37 heavy (non-hydrogen) atoms. The van der Waals surface area contributed by atoms with E-state index in [1.54, 1.807) is 30.5 Å². The zero-order chi connectivity index (χ0) is 24.9. The quantitative estimate of drug-likeness (QED) is 0.352. The minimum Gasteiger partial charge on any atom is -1.00 e. The Kier molecular flexibility index (Phi) is 8.84. The number of aromatic nitrogens is 2. The van der Waals surface area contributed by atoms with E-state index in [0.717, 1.165) is 43.9 Å². The third-order valence-corrected chi connectivity index (χ3v) is 6.70. The highest BCUT2D eigenvalue weighted by atomic mass is 35.5. The summed E-state index contributed by atoms with van der Waals surface area (Å²) in [6.07, 6.45) is 1.70. The Hall–Kier alpha value is -3.36. The van der Waals surface area contributed by atoms with Gasteiger partial charge in [0.25, 0.3) is 0 Å². The maximum Gasteiger partial charge on any atom is 0.316 e. The number of hydrogen-bond acceptors (Lipinski definition) is 5. The number of piperazine rings is 1. The van der Waals surface area contributed by atoms with Crippen molar-refractivity contribution >= 4 is 17.3 Å². The molecule has 3 aromatic carbocycles. The Morgan fingerprint density at radius 2 is 1.59 bits per heavy atom. The number of hydrogen-bond donors (Lipinski definition) is 2. The molecule has 0 aliphatic carbocycles. The van der Waals surface area contributed by atoms with E-state index < -0.39 is 0 Å². The molecule has 1 fully saturated rings. The molecule has 194 valence electrons. The summed E-state index contributed by atoms with van der Waals surface area (Å²) >= 11 is 6.04. The van der Waals surface area contributed by atoms with E-state index in [1.807, 2.05) is 42.5 Å². The highest BCUT2D eigenvalue weighted by molar-refractivity contribution is 6.30. The molecular formula is C28H30Cl2N4O3. The minimum absolute atomic E-state index is 0. The van der Waals surface area contributed by atoms with Crippen molar-refractivity contribution in [3.8, 4) is 28.3 Å². The summed E-state index contributed by atoms with van der Waals surface area (Å²) in [6, 6.07) is 24.8. The molecule has 0 bridgehead atoms. The van der Waals surface area contributed by atoms with E-state index in [1.165, 1.54) is 9.58 Å². The summed E-state index contributed by atoms with van der Waals surface area (Å²) in [6.45, 7) is 4.11. The van der Waals surface area contributed by atoms with Gasteiger partial charge in [0, 0.05) is 6.45 Å². The molecule has 5 rings (SSSR count). The molecule has 1 aliphatic heterocycles. The lowest BCUT2D eigenvalue weighted by Crippen LogP contribution is -3.15. The van der Waals surface area contributed by atoms with Crippen molar-refractivity contribution in [3.05, 3.63) is 100 Å². The summed E-state index contributed by atoms with van der Waals surface area (Å²) in [5, 5.41) is 14.3. The molecule has 2 heterocycles. The third kappa shape index (κ3) is 6.14. The molecule has 0 amide bonds. The van der Waals surface area contributed by atoms with Crippen LogP contribution in [0.2, 0.25) is 5.02 Å². The Labute approximate surface area is 228 Å². The van der Waals surface area contributed by atoms with Crippen LogP contribution < -0.4 is 32.5 Å². The largest absolute Gasteiger partial charge is 1.00 e. The predicted molar refractivity (Wildman–Crippen MR) is 144 cm³/mol. The number of quaternary nitrogens is 1. The second kappa shape index (κ2) is 12.3. The number of nitrogens with one attached hydrogen (secondary N) is 1. The molecule has 0 spiro atoms. The molecule has 0 radical (unpaired) electrons. The summed E-state index contributed by atoms with van der Waals surface area (Å²) in [4.78, 5) is 17.1. The maximum absolute atomic E-state index is 13.7. The standard InChI is InChI=1S/C28H27ClN4O3.ClH.H2/c29-23-8-10-24(11-9-23)33-28(35)27(26(20-30-33)32-16-14-31(15-17-32)18-19-34)36-25-12-6-22(7-13-25)21-4-2-1-3-5-21;;/h1-13,20,34H,14-19H2;2*1H. The monoisotopic (exact) mass is 540 g/mol. The van der Waals surface area contributed by atoms with Gasteiger partial charge in [0.1, 0.15) is 18.0 Å². The van der Waals surface area contributed by atoms with Crippen LogP contribution in [0.3, 0.4) is 0 Å². The summed E-state index contributed by atoms with van der Waals surface area (Å²) in [5.74, 6) is 0.810. The molecule has 4 aromatic rings. The molecule has 0 atom stereocenters. The topological polar surface area (TPSA) is 72.0 Å². The molecule has 1 aliphatic rings. The Bertz CT molecular complexity index is 1360. The van der Waals surface area contributed by atoms with Crippen molar-refractivity contribution in [1.82, 2.24) is 9.78 Å². The summed E-state index contributed by atoms with van der Waals surface area (Å²) in [5.41, 5.74) is 3.12. The van der Waals surface area contributed by atoms with Crippen molar-refractivity contribution < 1.29 is 28.6 Å². The smallest absolute Gasteiger partial charge is 0.316 e. The van der Waals surface area contributed by atoms with E-state index in [0.29, 0.717) is 22.1 Å². The molecule has 2 N–H and O–H groups in total. The molecule has 9 heteroatoms. The number of nitrogens with zero attached hydrogens (tertiary/aromatic N) is 3. The number of anilines is 1. The Balaban J connectivity index is 0.00000200.